The van der Waals surface area contributed by atoms with E-state index in [4.69, 9.17) is 5.73 Å². The Hall–Kier alpha value is -1.29. The molecule has 0 saturated heterocycles. The van der Waals surface area contributed by atoms with Crippen molar-refractivity contribution in [1.29, 1.82) is 0 Å². The predicted molar refractivity (Wildman–Crippen MR) is 46.8 cm³/mol. The number of nitrogens with two attached hydrogens (primary N) is 1. The van der Waals surface area contributed by atoms with Crippen molar-refractivity contribution in [2.24, 2.45) is 5.73 Å². The molecule has 66 valence electrons. The fourth-order valence-corrected chi connectivity index (χ4v) is 0.831. The standard InChI is InChI=1S/C8H13N3O/c1-6(4-9)11-8(12)7-2-3-10-5-7/h2-3,5-6,10H,4,9H2,1H3,(H,11,12). The fraction of sp³-hybridized carbons (Fsp3) is 0.375. The molecule has 0 aliphatic rings. The van der Waals surface area contributed by atoms with Crippen molar-refractivity contribution < 1.29 is 4.79 Å². The first-order chi connectivity index (χ1) is 5.74. The molecule has 0 saturated carbocycles. The van der Waals surface area contributed by atoms with Gasteiger partial charge >= 0.3 is 0 Å². The maximum atomic E-state index is 11.3. The van der Waals surface area contributed by atoms with Gasteiger partial charge in [-0.1, -0.05) is 0 Å². The highest BCUT2D eigenvalue weighted by molar-refractivity contribution is 5.94. The summed E-state index contributed by atoms with van der Waals surface area (Å²) in [6, 6.07) is 1.74. The van der Waals surface area contributed by atoms with Gasteiger partial charge in [-0.25, -0.2) is 0 Å². The number of H-pyrrole nitrogens is 1. The van der Waals surface area contributed by atoms with Crippen LogP contribution < -0.4 is 11.1 Å². The van der Waals surface area contributed by atoms with Gasteiger partial charge in [-0.3, -0.25) is 4.79 Å². The summed E-state index contributed by atoms with van der Waals surface area (Å²) in [6.07, 6.45) is 3.36. The van der Waals surface area contributed by atoms with Gasteiger partial charge in [-0.15, -0.1) is 0 Å². The van der Waals surface area contributed by atoms with E-state index in [1.807, 2.05) is 6.92 Å². The zero-order chi connectivity index (χ0) is 8.97. The van der Waals surface area contributed by atoms with Crippen LogP contribution in [0.2, 0.25) is 0 Å². The molecule has 1 rings (SSSR count). The topological polar surface area (TPSA) is 70.9 Å². The van der Waals surface area contributed by atoms with E-state index in [1.165, 1.54) is 0 Å². The van der Waals surface area contributed by atoms with E-state index in [2.05, 4.69) is 10.3 Å². The van der Waals surface area contributed by atoms with E-state index >= 15 is 0 Å². The summed E-state index contributed by atoms with van der Waals surface area (Å²) in [5, 5.41) is 2.75. The van der Waals surface area contributed by atoms with Gasteiger partial charge in [-0.2, -0.15) is 0 Å². The molecule has 0 aliphatic carbocycles. The Balaban J connectivity index is 2.50. The molecule has 0 radical (unpaired) electrons. The first-order valence-electron chi connectivity index (χ1n) is 3.87. The normalized spacial score (nSPS) is 12.5. The van der Waals surface area contributed by atoms with Gasteiger partial charge in [0, 0.05) is 25.0 Å². The monoisotopic (exact) mass is 167 g/mol. The first kappa shape index (κ1) is 8.80. The lowest BCUT2D eigenvalue weighted by atomic mass is 10.3. The molecule has 12 heavy (non-hydrogen) atoms. The van der Waals surface area contributed by atoms with E-state index in [-0.39, 0.29) is 11.9 Å². The van der Waals surface area contributed by atoms with Gasteiger partial charge in [0.1, 0.15) is 0 Å². The van der Waals surface area contributed by atoms with Gasteiger partial charge in [-0.05, 0) is 13.0 Å². The predicted octanol–water partition coefficient (Wildman–Crippen LogP) is 0.0917. The van der Waals surface area contributed by atoms with Crippen molar-refractivity contribution >= 4 is 5.91 Å². The summed E-state index contributed by atoms with van der Waals surface area (Å²) in [4.78, 5) is 14.1. The van der Waals surface area contributed by atoms with Crippen LogP contribution in [0.5, 0.6) is 0 Å². The summed E-state index contributed by atoms with van der Waals surface area (Å²) >= 11 is 0. The number of hydrogen-bond donors (Lipinski definition) is 3. The number of carbonyl (C=O) groups is 1. The molecule has 1 heterocycles. The molecule has 0 aromatic carbocycles. The molecule has 4 heteroatoms. The van der Waals surface area contributed by atoms with Crippen LogP contribution in [-0.2, 0) is 0 Å². The number of carbonyl (C=O) groups excluding carboxylic acids is 1. The highest BCUT2D eigenvalue weighted by atomic mass is 16.1. The highest BCUT2D eigenvalue weighted by Gasteiger charge is 2.07. The van der Waals surface area contributed by atoms with Crippen molar-refractivity contribution in [3.05, 3.63) is 24.0 Å². The van der Waals surface area contributed by atoms with Gasteiger partial charge in [0.2, 0.25) is 0 Å². The van der Waals surface area contributed by atoms with E-state index in [9.17, 15) is 4.79 Å². The first-order valence-corrected chi connectivity index (χ1v) is 3.87. The second-order valence-electron chi connectivity index (χ2n) is 2.71. The molecule has 1 amide bonds. The molecule has 0 bridgehead atoms. The smallest absolute Gasteiger partial charge is 0.253 e. The average molecular weight is 167 g/mol. The highest BCUT2D eigenvalue weighted by Crippen LogP contribution is 1.96. The van der Waals surface area contributed by atoms with E-state index in [0.717, 1.165) is 0 Å². The summed E-state index contributed by atoms with van der Waals surface area (Å²) in [6.45, 7) is 2.32. The number of hydrogen-bond acceptors (Lipinski definition) is 2. The number of aromatic amines is 1. The van der Waals surface area contributed by atoms with Crippen LogP contribution in [-0.4, -0.2) is 23.5 Å². The molecule has 4 N–H and O–H groups in total. The minimum atomic E-state index is -0.0887. The Labute approximate surface area is 71.2 Å². The third-order valence-electron chi connectivity index (χ3n) is 1.59. The number of rotatable bonds is 3. The molecule has 1 atom stereocenters. The second kappa shape index (κ2) is 3.92. The van der Waals surface area contributed by atoms with Crippen molar-refractivity contribution in [3.8, 4) is 0 Å². The third kappa shape index (κ3) is 2.10. The molecule has 1 aromatic heterocycles. The zero-order valence-electron chi connectivity index (χ0n) is 7.00. The van der Waals surface area contributed by atoms with Crippen molar-refractivity contribution in [2.75, 3.05) is 6.54 Å². The Bertz CT molecular complexity index is 243. The second-order valence-corrected chi connectivity index (χ2v) is 2.71. The Morgan fingerprint density at radius 3 is 3.08 bits per heavy atom. The minimum absolute atomic E-state index is 0.0207. The zero-order valence-corrected chi connectivity index (χ0v) is 7.00. The molecule has 4 nitrogen and oxygen atoms in total. The van der Waals surface area contributed by atoms with E-state index in [1.54, 1.807) is 18.5 Å². The summed E-state index contributed by atoms with van der Waals surface area (Å²) in [5.74, 6) is -0.0887. The average Bonchev–Trinajstić information content (AvgIpc) is 2.56. The van der Waals surface area contributed by atoms with Gasteiger partial charge in [0.05, 0.1) is 5.56 Å². The van der Waals surface area contributed by atoms with Crippen LogP contribution in [0.1, 0.15) is 17.3 Å². The van der Waals surface area contributed by atoms with E-state index in [0.29, 0.717) is 12.1 Å². The summed E-state index contributed by atoms with van der Waals surface area (Å²) in [5.41, 5.74) is 5.99. The molecular formula is C8H13N3O. The minimum Gasteiger partial charge on any atom is -0.367 e. The molecule has 1 aromatic rings. The van der Waals surface area contributed by atoms with Crippen molar-refractivity contribution in [3.63, 3.8) is 0 Å². The maximum absolute atomic E-state index is 11.3. The lowest BCUT2D eigenvalue weighted by Crippen LogP contribution is -2.37. The van der Waals surface area contributed by atoms with Crippen LogP contribution in [0.4, 0.5) is 0 Å². The SMILES string of the molecule is CC(CN)NC(=O)c1cc[nH]c1. The van der Waals surface area contributed by atoms with Crippen LogP contribution >= 0.6 is 0 Å². The van der Waals surface area contributed by atoms with Crippen molar-refractivity contribution in [2.45, 2.75) is 13.0 Å². The third-order valence-corrected chi connectivity index (χ3v) is 1.59. The van der Waals surface area contributed by atoms with Gasteiger partial charge in [0.25, 0.3) is 5.91 Å². The lowest BCUT2D eigenvalue weighted by molar-refractivity contribution is 0.0941. The summed E-state index contributed by atoms with van der Waals surface area (Å²) < 4.78 is 0. The number of aromatic nitrogens is 1. The molecule has 0 spiro atoms. The Morgan fingerprint density at radius 1 is 1.83 bits per heavy atom. The molecule has 0 aliphatic heterocycles. The Kier molecular flexibility index (Phi) is 2.88. The van der Waals surface area contributed by atoms with Crippen LogP contribution in [0.3, 0.4) is 0 Å². The Morgan fingerprint density at radius 2 is 2.58 bits per heavy atom. The van der Waals surface area contributed by atoms with Crippen LogP contribution in [0.15, 0.2) is 18.5 Å². The van der Waals surface area contributed by atoms with Crippen molar-refractivity contribution in [1.82, 2.24) is 10.3 Å². The molecule has 1 unspecified atom stereocenters. The van der Waals surface area contributed by atoms with E-state index < -0.39 is 0 Å². The van der Waals surface area contributed by atoms with Gasteiger partial charge < -0.3 is 16.0 Å². The number of amides is 1. The van der Waals surface area contributed by atoms with Crippen LogP contribution in [0, 0.1) is 0 Å². The van der Waals surface area contributed by atoms with Crippen LogP contribution in [0.25, 0.3) is 0 Å². The largest absolute Gasteiger partial charge is 0.367 e. The quantitative estimate of drug-likeness (QED) is 0.597. The summed E-state index contributed by atoms with van der Waals surface area (Å²) in [7, 11) is 0. The molecular weight excluding hydrogens is 154 g/mol. The number of nitrogens with one attached hydrogen (secondary N) is 2. The fourth-order valence-electron chi connectivity index (χ4n) is 0.831. The lowest BCUT2D eigenvalue weighted by Gasteiger charge is -2.09. The maximum Gasteiger partial charge on any atom is 0.253 e. The van der Waals surface area contributed by atoms with Gasteiger partial charge in [0.15, 0.2) is 0 Å². The molecule has 0 fully saturated rings.